The lowest BCUT2D eigenvalue weighted by Crippen LogP contribution is -2.37. The number of para-hydroxylation sites is 1. The van der Waals surface area contributed by atoms with E-state index in [1.165, 1.54) is 10.6 Å². The van der Waals surface area contributed by atoms with Crippen LogP contribution in [0.5, 0.6) is 5.75 Å². The number of nitrogens with zero attached hydrogens (tertiary/aromatic N) is 2. The van der Waals surface area contributed by atoms with Gasteiger partial charge in [-0.3, -0.25) is 9.59 Å². The number of H-pyrrole nitrogens is 1. The van der Waals surface area contributed by atoms with E-state index in [-0.39, 0.29) is 23.2 Å². The molecule has 176 valence electrons. The number of aryl methyl sites for hydroxylation is 2. The first-order valence-corrected chi connectivity index (χ1v) is 11.5. The zero-order valence-electron chi connectivity index (χ0n) is 19.8. The number of ether oxygens (including phenoxy) is 1. The van der Waals surface area contributed by atoms with E-state index in [9.17, 15) is 9.59 Å². The first-order valence-electron chi connectivity index (χ1n) is 11.5. The van der Waals surface area contributed by atoms with Crippen molar-refractivity contribution in [3.8, 4) is 17.0 Å². The molecule has 7 heteroatoms. The molecule has 5 rings (SSSR count). The normalized spacial score (nSPS) is 12.1. The fourth-order valence-electron chi connectivity index (χ4n) is 4.19. The number of benzene rings is 3. The maximum atomic E-state index is 12.8. The van der Waals surface area contributed by atoms with Crippen LogP contribution in [0.15, 0.2) is 77.7 Å². The second-order valence-electron chi connectivity index (χ2n) is 8.82. The number of aromatic amines is 1. The van der Waals surface area contributed by atoms with Crippen LogP contribution in [0.4, 0.5) is 0 Å². The predicted octanol–water partition coefficient (Wildman–Crippen LogP) is 4.66. The third-order valence-electron chi connectivity index (χ3n) is 6.02. The molecule has 0 spiro atoms. The van der Waals surface area contributed by atoms with E-state index in [0.717, 1.165) is 33.2 Å². The van der Waals surface area contributed by atoms with Gasteiger partial charge in [0.15, 0.2) is 5.69 Å². The number of carbonyl (C=O) groups excluding carboxylic acids is 1. The van der Waals surface area contributed by atoms with Crippen LogP contribution in [-0.4, -0.2) is 33.2 Å². The van der Waals surface area contributed by atoms with Crippen LogP contribution in [0.25, 0.3) is 27.5 Å². The predicted molar refractivity (Wildman–Crippen MR) is 137 cm³/mol. The fourth-order valence-corrected chi connectivity index (χ4v) is 4.19. The summed E-state index contributed by atoms with van der Waals surface area (Å²) < 4.78 is 7.40. The summed E-state index contributed by atoms with van der Waals surface area (Å²) in [7, 11) is 0. The van der Waals surface area contributed by atoms with Gasteiger partial charge in [0.2, 0.25) is 0 Å². The molecule has 0 fully saturated rings. The van der Waals surface area contributed by atoms with E-state index in [0.29, 0.717) is 17.8 Å². The van der Waals surface area contributed by atoms with E-state index in [1.807, 2.05) is 81.4 Å². The quantitative estimate of drug-likeness (QED) is 0.381. The molecule has 0 saturated heterocycles. The molecule has 2 N–H and O–H groups in total. The first kappa shape index (κ1) is 22.4. The third-order valence-corrected chi connectivity index (χ3v) is 6.02. The molecule has 0 radical (unpaired) electrons. The molecule has 35 heavy (non-hydrogen) atoms. The van der Waals surface area contributed by atoms with E-state index in [4.69, 9.17) is 4.74 Å². The number of amides is 1. The molecule has 5 aromatic rings. The largest absolute Gasteiger partial charge is 0.491 e. The van der Waals surface area contributed by atoms with Crippen molar-refractivity contribution >= 4 is 22.2 Å². The van der Waals surface area contributed by atoms with Crippen molar-refractivity contribution in [3.63, 3.8) is 0 Å². The van der Waals surface area contributed by atoms with Crippen LogP contribution in [-0.2, 0) is 0 Å². The summed E-state index contributed by atoms with van der Waals surface area (Å²) in [5, 5.41) is 9.46. The second kappa shape index (κ2) is 9.10. The molecule has 3 aromatic carbocycles. The highest BCUT2D eigenvalue weighted by Crippen LogP contribution is 2.23. The smallest absolute Gasteiger partial charge is 0.274 e. The maximum Gasteiger partial charge on any atom is 0.274 e. The summed E-state index contributed by atoms with van der Waals surface area (Å²) in [6.07, 6.45) is 1.73. The van der Waals surface area contributed by atoms with Crippen molar-refractivity contribution in [3.05, 3.63) is 100 Å². The summed E-state index contributed by atoms with van der Waals surface area (Å²) in [6, 6.07) is 21.2. The van der Waals surface area contributed by atoms with E-state index >= 15 is 0 Å². The fraction of sp³-hybridized carbons (Fsp3) is 0.179. The summed E-state index contributed by atoms with van der Waals surface area (Å²) in [4.78, 5) is 28.5. The second-order valence-corrected chi connectivity index (χ2v) is 8.82. The van der Waals surface area contributed by atoms with Gasteiger partial charge in [-0.25, -0.2) is 4.52 Å². The van der Waals surface area contributed by atoms with Gasteiger partial charge in [-0.1, -0.05) is 54.6 Å². The summed E-state index contributed by atoms with van der Waals surface area (Å²) in [5.41, 5.74) is 3.74. The number of nitrogens with one attached hydrogen (secondary N) is 2. The van der Waals surface area contributed by atoms with Gasteiger partial charge in [-0.15, -0.1) is 0 Å². The number of hydrogen-bond acceptors (Lipinski definition) is 4. The molecule has 1 amide bonds. The molecule has 2 heterocycles. The Morgan fingerprint density at radius 2 is 1.77 bits per heavy atom. The van der Waals surface area contributed by atoms with Gasteiger partial charge in [0.25, 0.3) is 11.5 Å². The van der Waals surface area contributed by atoms with Crippen molar-refractivity contribution in [1.82, 2.24) is 19.9 Å². The van der Waals surface area contributed by atoms with Crippen LogP contribution in [0.1, 0.15) is 28.5 Å². The van der Waals surface area contributed by atoms with Crippen LogP contribution < -0.4 is 15.6 Å². The molecule has 1 atom stereocenters. The van der Waals surface area contributed by atoms with Crippen LogP contribution >= 0.6 is 0 Å². The van der Waals surface area contributed by atoms with Crippen molar-refractivity contribution in [2.45, 2.75) is 26.8 Å². The highest BCUT2D eigenvalue weighted by molar-refractivity contribution is 5.93. The van der Waals surface area contributed by atoms with Gasteiger partial charge in [0.05, 0.1) is 17.9 Å². The molecule has 0 aliphatic carbocycles. The maximum absolute atomic E-state index is 12.8. The van der Waals surface area contributed by atoms with Crippen molar-refractivity contribution in [1.29, 1.82) is 0 Å². The van der Waals surface area contributed by atoms with Gasteiger partial charge in [0.1, 0.15) is 17.9 Å². The molecular formula is C28H26N4O3. The average Bonchev–Trinajstić information content (AvgIpc) is 3.29. The third kappa shape index (κ3) is 4.53. The standard InChI is InChI=1S/C28H26N4O3/c1-17-7-6-8-18(2)26(17)35-16-19(3)29-27(33)23-14-25-28(34)30-24(15-32(25)31-23)22-12-11-20-9-4-5-10-21(20)13-22/h4-15,19H,16H2,1-3H3,(H,29,33)(H,30,34). The monoisotopic (exact) mass is 466 g/mol. The topological polar surface area (TPSA) is 88.5 Å². The van der Waals surface area contributed by atoms with Crippen molar-refractivity contribution in [2.24, 2.45) is 0 Å². The number of rotatable bonds is 6. The van der Waals surface area contributed by atoms with E-state index in [1.54, 1.807) is 6.20 Å². The number of aromatic nitrogens is 3. The average molecular weight is 467 g/mol. The van der Waals surface area contributed by atoms with Crippen molar-refractivity contribution in [2.75, 3.05) is 6.61 Å². The van der Waals surface area contributed by atoms with Crippen LogP contribution in [0.3, 0.4) is 0 Å². The SMILES string of the molecule is Cc1cccc(C)c1OCC(C)NC(=O)c1cc2c(=O)[nH]c(-c3ccc4ccccc4c3)cn2n1. The number of fused-ring (bicyclic) bond motifs is 2. The zero-order valence-corrected chi connectivity index (χ0v) is 19.8. The van der Waals surface area contributed by atoms with Gasteiger partial charge < -0.3 is 15.0 Å². The zero-order chi connectivity index (χ0) is 24.5. The van der Waals surface area contributed by atoms with Gasteiger partial charge in [0, 0.05) is 11.6 Å². The lowest BCUT2D eigenvalue weighted by molar-refractivity contribution is 0.0921. The Bertz CT molecular complexity index is 1600. The van der Waals surface area contributed by atoms with Crippen LogP contribution in [0, 0.1) is 13.8 Å². The molecule has 2 aromatic heterocycles. The summed E-state index contributed by atoms with van der Waals surface area (Å²) in [6.45, 7) is 6.17. The molecule has 0 bridgehead atoms. The van der Waals surface area contributed by atoms with Crippen LogP contribution in [0.2, 0.25) is 0 Å². The van der Waals surface area contributed by atoms with Crippen molar-refractivity contribution < 1.29 is 9.53 Å². The Balaban J connectivity index is 1.34. The van der Waals surface area contributed by atoms with Gasteiger partial charge >= 0.3 is 0 Å². The molecule has 0 aliphatic heterocycles. The number of hydrogen-bond donors (Lipinski definition) is 2. The van der Waals surface area contributed by atoms with E-state index < -0.39 is 0 Å². The lowest BCUT2D eigenvalue weighted by atomic mass is 10.1. The van der Waals surface area contributed by atoms with E-state index in [2.05, 4.69) is 15.4 Å². The Morgan fingerprint density at radius 3 is 2.54 bits per heavy atom. The Labute approximate surface area is 202 Å². The highest BCUT2D eigenvalue weighted by Gasteiger charge is 2.17. The lowest BCUT2D eigenvalue weighted by Gasteiger charge is -2.17. The molecule has 1 unspecified atom stereocenters. The minimum Gasteiger partial charge on any atom is -0.491 e. The minimum absolute atomic E-state index is 0.171. The molecule has 0 saturated carbocycles. The molecule has 7 nitrogen and oxygen atoms in total. The minimum atomic E-state index is -0.363. The number of carbonyl (C=O) groups is 1. The Hall–Kier alpha value is -4.39. The highest BCUT2D eigenvalue weighted by atomic mass is 16.5. The Kier molecular flexibility index (Phi) is 5.82. The molecular weight excluding hydrogens is 440 g/mol. The summed E-state index contributed by atoms with van der Waals surface area (Å²) >= 11 is 0. The van der Waals surface area contributed by atoms with Gasteiger partial charge in [-0.2, -0.15) is 5.10 Å². The first-order chi connectivity index (χ1) is 16.9. The van der Waals surface area contributed by atoms with Gasteiger partial charge in [-0.05, 0) is 48.7 Å². The summed E-state index contributed by atoms with van der Waals surface area (Å²) in [5.74, 6) is 0.465. The molecule has 0 aliphatic rings. The Morgan fingerprint density at radius 1 is 1.03 bits per heavy atom.